The van der Waals surface area contributed by atoms with Crippen LogP contribution >= 0.6 is 35.3 Å². The van der Waals surface area contributed by atoms with Crippen LogP contribution in [0.25, 0.3) is 0 Å². The summed E-state index contributed by atoms with van der Waals surface area (Å²) in [7, 11) is 0. The number of ether oxygens (including phenoxy) is 1. The molecule has 0 aromatic heterocycles. The average Bonchev–Trinajstić information content (AvgIpc) is 2.85. The van der Waals surface area contributed by atoms with Gasteiger partial charge in [0.15, 0.2) is 0 Å². The minimum absolute atomic E-state index is 0.186. The highest BCUT2D eigenvalue weighted by molar-refractivity contribution is 8.01. The van der Waals surface area contributed by atoms with Crippen LogP contribution < -0.4 is 0 Å². The van der Waals surface area contributed by atoms with E-state index in [0.29, 0.717) is 0 Å². The highest BCUT2D eigenvalue weighted by Gasteiger charge is 2.16. The summed E-state index contributed by atoms with van der Waals surface area (Å²) in [6.07, 6.45) is 1.20. The van der Waals surface area contributed by atoms with E-state index in [1.54, 1.807) is 35.3 Å². The van der Waals surface area contributed by atoms with Crippen LogP contribution in [0.4, 0.5) is 0 Å². The Hall–Kier alpha value is -2.86. The molecule has 0 heterocycles. The number of esters is 1. The van der Waals surface area contributed by atoms with E-state index < -0.39 is 5.97 Å². The van der Waals surface area contributed by atoms with Gasteiger partial charge < -0.3 is 4.74 Å². The summed E-state index contributed by atoms with van der Waals surface area (Å²) < 4.78 is 5.50. The Morgan fingerprint density at radius 2 is 1.09 bits per heavy atom. The predicted molar refractivity (Wildman–Crippen MR) is 138 cm³/mol. The second kappa shape index (κ2) is 11.8. The summed E-state index contributed by atoms with van der Waals surface area (Å²) in [5, 5.41) is 0. The monoisotopic (exact) mass is 486 g/mol. The normalized spacial score (nSPS) is 10.5. The Morgan fingerprint density at radius 1 is 0.667 bits per heavy atom. The fraction of sp³-hybridized carbons (Fsp3) is 0.0357. The maximum Gasteiger partial charge on any atom is 0.330 e. The van der Waals surface area contributed by atoms with Crippen LogP contribution in [0, 0.1) is 0 Å². The summed E-state index contributed by atoms with van der Waals surface area (Å²) in [5.41, 5.74) is 0.991. The molecule has 5 heteroatoms. The molecule has 0 aliphatic rings. The van der Waals surface area contributed by atoms with E-state index in [0.717, 1.165) is 30.0 Å². The molecule has 0 radical (unpaired) electrons. The van der Waals surface area contributed by atoms with Gasteiger partial charge in [0.25, 0.3) is 0 Å². The van der Waals surface area contributed by atoms with Crippen LogP contribution in [0.5, 0.6) is 0 Å². The van der Waals surface area contributed by atoms with Crippen LogP contribution in [0.2, 0.25) is 0 Å². The molecule has 164 valence electrons. The Balaban J connectivity index is 1.78. The van der Waals surface area contributed by atoms with Crippen molar-refractivity contribution in [3.63, 3.8) is 0 Å². The predicted octanol–water partition coefficient (Wildman–Crippen LogP) is 8.37. The zero-order chi connectivity index (χ0) is 22.9. The Bertz CT molecular complexity index is 1150. The van der Waals surface area contributed by atoms with Crippen molar-refractivity contribution in [1.29, 1.82) is 0 Å². The van der Waals surface area contributed by atoms with Crippen molar-refractivity contribution in [2.24, 2.45) is 0 Å². The van der Waals surface area contributed by atoms with Crippen molar-refractivity contribution < 1.29 is 9.53 Å². The van der Waals surface area contributed by atoms with Crippen molar-refractivity contribution in [2.45, 2.75) is 36.0 Å². The second-order valence-corrected chi connectivity index (χ2v) is 10.3. The van der Waals surface area contributed by atoms with Gasteiger partial charge in [0.1, 0.15) is 6.61 Å². The standard InChI is InChI=1S/C28H22O2S3/c1-2-28(29)30-20-25-26(32-22-14-8-4-9-15-22)18-24(31-21-12-6-3-7-13-21)19-27(25)33-23-16-10-5-11-17-23/h2-19H,1,20H2. The highest BCUT2D eigenvalue weighted by atomic mass is 32.2. The third-order valence-electron chi connectivity index (χ3n) is 4.59. The van der Waals surface area contributed by atoms with Gasteiger partial charge >= 0.3 is 5.97 Å². The first-order valence-corrected chi connectivity index (χ1v) is 12.8. The summed E-state index contributed by atoms with van der Waals surface area (Å²) in [6, 6.07) is 35.2. The number of carbonyl (C=O) groups is 1. The lowest BCUT2D eigenvalue weighted by Gasteiger charge is -2.17. The molecule has 0 saturated carbocycles. The Labute approximate surface area is 207 Å². The molecule has 33 heavy (non-hydrogen) atoms. The van der Waals surface area contributed by atoms with Gasteiger partial charge in [-0.3, -0.25) is 0 Å². The van der Waals surface area contributed by atoms with E-state index in [1.807, 2.05) is 54.6 Å². The first kappa shape index (κ1) is 23.3. The number of hydrogen-bond acceptors (Lipinski definition) is 5. The van der Waals surface area contributed by atoms with Crippen LogP contribution in [0.1, 0.15) is 5.56 Å². The van der Waals surface area contributed by atoms with Crippen molar-refractivity contribution in [3.05, 3.63) is 121 Å². The van der Waals surface area contributed by atoms with E-state index >= 15 is 0 Å². The lowest BCUT2D eigenvalue weighted by molar-refractivity contribution is -0.139. The number of carbonyl (C=O) groups excluding carboxylic acids is 1. The van der Waals surface area contributed by atoms with Gasteiger partial charge in [-0.25, -0.2) is 4.79 Å². The maximum absolute atomic E-state index is 11.9. The van der Waals surface area contributed by atoms with E-state index in [9.17, 15) is 4.79 Å². The van der Waals surface area contributed by atoms with Crippen LogP contribution in [0.15, 0.2) is 145 Å². The molecule has 0 bridgehead atoms. The molecule has 2 nitrogen and oxygen atoms in total. The molecule has 4 aromatic carbocycles. The van der Waals surface area contributed by atoms with Crippen molar-refractivity contribution in [3.8, 4) is 0 Å². The van der Waals surface area contributed by atoms with Crippen molar-refractivity contribution >= 4 is 41.3 Å². The summed E-state index contributed by atoms with van der Waals surface area (Å²) >= 11 is 5.08. The summed E-state index contributed by atoms with van der Waals surface area (Å²) in [5.74, 6) is -0.427. The molecule has 0 aliphatic heterocycles. The fourth-order valence-corrected chi connectivity index (χ4v) is 6.22. The molecule has 0 amide bonds. The molecule has 0 spiro atoms. The largest absolute Gasteiger partial charge is 0.458 e. The van der Waals surface area contributed by atoms with Gasteiger partial charge in [-0.1, -0.05) is 96.5 Å². The quantitative estimate of drug-likeness (QED) is 0.175. The van der Waals surface area contributed by atoms with E-state index in [1.165, 1.54) is 11.0 Å². The topological polar surface area (TPSA) is 26.3 Å². The van der Waals surface area contributed by atoms with Crippen LogP contribution in [-0.2, 0) is 16.1 Å². The van der Waals surface area contributed by atoms with Crippen LogP contribution in [-0.4, -0.2) is 5.97 Å². The molecular weight excluding hydrogens is 465 g/mol. The first-order valence-electron chi connectivity index (χ1n) is 10.4. The second-order valence-electron chi connectivity index (χ2n) is 6.96. The summed E-state index contributed by atoms with van der Waals surface area (Å²) in [6.45, 7) is 3.71. The molecular formula is C28H22O2S3. The van der Waals surface area contributed by atoms with Gasteiger partial charge in [-0.15, -0.1) is 0 Å². The molecule has 4 rings (SSSR count). The molecule has 4 aromatic rings. The van der Waals surface area contributed by atoms with Gasteiger partial charge in [-0.2, -0.15) is 0 Å². The molecule has 0 N–H and O–H groups in total. The van der Waals surface area contributed by atoms with Gasteiger partial charge in [0.2, 0.25) is 0 Å². The van der Waals surface area contributed by atoms with Gasteiger partial charge in [-0.05, 0) is 48.5 Å². The van der Waals surface area contributed by atoms with Crippen LogP contribution in [0.3, 0.4) is 0 Å². The van der Waals surface area contributed by atoms with Crippen molar-refractivity contribution in [1.82, 2.24) is 0 Å². The number of benzene rings is 4. The average molecular weight is 487 g/mol. The first-order chi connectivity index (χ1) is 16.2. The SMILES string of the molecule is C=CC(=O)OCc1c(Sc2ccccc2)cc(Sc2ccccc2)cc1Sc1ccccc1. The lowest BCUT2D eigenvalue weighted by atomic mass is 10.2. The van der Waals surface area contributed by atoms with Gasteiger partial charge in [0, 0.05) is 41.0 Å². The minimum atomic E-state index is -0.427. The summed E-state index contributed by atoms with van der Waals surface area (Å²) in [4.78, 5) is 18.6. The third-order valence-corrected chi connectivity index (χ3v) is 7.75. The maximum atomic E-state index is 11.9. The van der Waals surface area contributed by atoms with E-state index in [-0.39, 0.29) is 6.61 Å². The van der Waals surface area contributed by atoms with E-state index in [4.69, 9.17) is 4.74 Å². The molecule has 0 aliphatic carbocycles. The highest BCUT2D eigenvalue weighted by Crippen LogP contribution is 2.42. The fourth-order valence-electron chi connectivity index (χ4n) is 3.04. The van der Waals surface area contributed by atoms with E-state index in [2.05, 4.69) is 55.1 Å². The number of rotatable bonds is 9. The minimum Gasteiger partial charge on any atom is -0.458 e. The number of hydrogen-bond donors (Lipinski definition) is 0. The molecule has 0 unspecified atom stereocenters. The van der Waals surface area contributed by atoms with Crippen molar-refractivity contribution in [2.75, 3.05) is 0 Å². The Kier molecular flexibility index (Phi) is 8.36. The smallest absolute Gasteiger partial charge is 0.330 e. The molecule has 0 fully saturated rings. The van der Waals surface area contributed by atoms with Gasteiger partial charge in [0.05, 0.1) is 0 Å². The zero-order valence-electron chi connectivity index (χ0n) is 17.8. The third kappa shape index (κ3) is 6.81. The Morgan fingerprint density at radius 3 is 1.52 bits per heavy atom. The molecule has 0 saturated heterocycles. The lowest BCUT2D eigenvalue weighted by Crippen LogP contribution is -2.03. The molecule has 0 atom stereocenters. The zero-order valence-corrected chi connectivity index (χ0v) is 20.3.